The normalized spacial score (nSPS) is 10.8. The summed E-state index contributed by atoms with van der Waals surface area (Å²) in [6.07, 6.45) is 5.55. The number of nitrogens with zero attached hydrogens (tertiary/aromatic N) is 2. The number of hydrogen-bond donors (Lipinski definition) is 1. The molecule has 0 unspecified atom stereocenters. The molecule has 0 heterocycles. The Bertz CT molecular complexity index is 197. The maximum absolute atomic E-state index is 4.15. The first kappa shape index (κ1) is 12.3. The van der Waals surface area contributed by atoms with Gasteiger partial charge in [-0.15, -0.1) is 0 Å². The quantitative estimate of drug-likeness (QED) is 0.515. The summed E-state index contributed by atoms with van der Waals surface area (Å²) in [4.78, 5) is 2.08. The average Bonchev–Trinajstić information content (AvgIpc) is 2.10. The number of rotatable bonds is 6. The molecule has 0 saturated heterocycles. The van der Waals surface area contributed by atoms with Gasteiger partial charge in [0, 0.05) is 25.8 Å². The average molecular weight is 198 g/mol. The van der Waals surface area contributed by atoms with Gasteiger partial charge >= 0.3 is 0 Å². The van der Waals surface area contributed by atoms with Gasteiger partial charge in [-0.1, -0.05) is 38.1 Å². The van der Waals surface area contributed by atoms with Gasteiger partial charge in [0.15, 0.2) is 0 Å². The molecule has 13 heavy (non-hydrogen) atoms. The number of allylic oxidation sites excluding steroid dienone is 3. The van der Waals surface area contributed by atoms with Crippen molar-refractivity contribution in [2.24, 2.45) is 0 Å². The van der Waals surface area contributed by atoms with E-state index in [1.54, 1.807) is 6.08 Å². The molecule has 0 N–H and O–H groups in total. The molecule has 0 aliphatic rings. The van der Waals surface area contributed by atoms with E-state index in [0.29, 0.717) is 0 Å². The molecular formula is C10H18N2S. The number of thiol groups is 1. The van der Waals surface area contributed by atoms with Gasteiger partial charge in [-0.2, -0.15) is 0 Å². The van der Waals surface area contributed by atoms with Crippen LogP contribution in [0.15, 0.2) is 37.1 Å². The molecule has 0 rings (SSSR count). The van der Waals surface area contributed by atoms with Crippen molar-refractivity contribution in [2.75, 3.05) is 27.2 Å². The lowest BCUT2D eigenvalue weighted by Crippen LogP contribution is -2.25. The Morgan fingerprint density at radius 1 is 1.38 bits per heavy atom. The lowest BCUT2D eigenvalue weighted by molar-refractivity contribution is 0.391. The minimum Gasteiger partial charge on any atom is -0.374 e. The molecule has 0 atom stereocenters. The van der Waals surface area contributed by atoms with Crippen LogP contribution in [0.5, 0.6) is 0 Å². The Morgan fingerprint density at radius 3 is 2.46 bits per heavy atom. The highest BCUT2D eigenvalue weighted by molar-refractivity contribution is 7.77. The van der Waals surface area contributed by atoms with E-state index >= 15 is 0 Å². The van der Waals surface area contributed by atoms with Crippen LogP contribution in [-0.2, 0) is 0 Å². The molecular weight excluding hydrogens is 180 g/mol. The second kappa shape index (κ2) is 6.80. The van der Waals surface area contributed by atoms with Crippen molar-refractivity contribution in [2.45, 2.75) is 0 Å². The second-order valence-corrected chi connectivity index (χ2v) is 3.57. The van der Waals surface area contributed by atoms with E-state index in [1.807, 2.05) is 30.6 Å². The highest BCUT2D eigenvalue weighted by atomic mass is 32.1. The molecule has 0 radical (unpaired) electrons. The Morgan fingerprint density at radius 2 is 2.00 bits per heavy atom. The summed E-state index contributed by atoms with van der Waals surface area (Å²) < 4.78 is 1.85. The summed E-state index contributed by atoms with van der Waals surface area (Å²) in [7, 11) is 3.94. The smallest absolute Gasteiger partial charge is 0.0311 e. The lowest BCUT2D eigenvalue weighted by atomic mass is 10.3. The molecule has 0 aromatic heterocycles. The van der Waals surface area contributed by atoms with Gasteiger partial charge in [0.2, 0.25) is 0 Å². The first-order valence-electron chi connectivity index (χ1n) is 4.17. The number of likely N-dealkylation sites (N-methyl/N-ethyl adjacent to an activating group) is 2. The van der Waals surface area contributed by atoms with Crippen molar-refractivity contribution < 1.29 is 0 Å². The van der Waals surface area contributed by atoms with E-state index in [2.05, 4.69) is 30.9 Å². The fourth-order valence-electron chi connectivity index (χ4n) is 0.745. The van der Waals surface area contributed by atoms with E-state index in [0.717, 1.165) is 18.8 Å². The minimum atomic E-state index is 0.903. The van der Waals surface area contributed by atoms with Gasteiger partial charge in [-0.25, -0.2) is 0 Å². The predicted molar refractivity (Wildman–Crippen MR) is 62.7 cm³/mol. The van der Waals surface area contributed by atoms with Crippen LogP contribution in [-0.4, -0.2) is 36.4 Å². The van der Waals surface area contributed by atoms with Gasteiger partial charge in [0.1, 0.15) is 0 Å². The minimum absolute atomic E-state index is 0.903. The molecule has 0 fully saturated rings. The van der Waals surface area contributed by atoms with Crippen LogP contribution < -0.4 is 0 Å². The van der Waals surface area contributed by atoms with Crippen LogP contribution in [0.25, 0.3) is 0 Å². The van der Waals surface area contributed by atoms with E-state index in [4.69, 9.17) is 0 Å². The first-order valence-corrected chi connectivity index (χ1v) is 4.57. The van der Waals surface area contributed by atoms with Crippen molar-refractivity contribution in [3.8, 4) is 0 Å². The third-order valence-corrected chi connectivity index (χ3v) is 1.87. The van der Waals surface area contributed by atoms with Crippen molar-refractivity contribution in [3.63, 3.8) is 0 Å². The van der Waals surface area contributed by atoms with Crippen LogP contribution in [0, 0.1) is 0 Å². The van der Waals surface area contributed by atoms with Crippen LogP contribution in [0.1, 0.15) is 0 Å². The Labute approximate surface area is 86.8 Å². The van der Waals surface area contributed by atoms with Crippen LogP contribution in [0.3, 0.4) is 0 Å². The fraction of sp³-hybridized carbons (Fsp3) is 0.400. The van der Waals surface area contributed by atoms with Gasteiger partial charge in [0.25, 0.3) is 0 Å². The zero-order valence-electron chi connectivity index (χ0n) is 8.40. The molecule has 3 heteroatoms. The standard InChI is InChI=1S/C10H18N2S/c1-5-6-7-10(2)11(3)8-9-12(4)13/h5-7,13H,1-2,8-9H2,3-4H3/b7-6-. The molecule has 74 valence electrons. The van der Waals surface area contributed by atoms with Crippen LogP contribution in [0.4, 0.5) is 0 Å². The summed E-state index contributed by atoms with van der Waals surface area (Å²) in [6, 6.07) is 0. The summed E-state index contributed by atoms with van der Waals surface area (Å²) in [6.45, 7) is 9.34. The Balaban J connectivity index is 3.82. The summed E-state index contributed by atoms with van der Waals surface area (Å²) in [5.41, 5.74) is 0.982. The maximum atomic E-state index is 4.15. The molecule has 0 amide bonds. The van der Waals surface area contributed by atoms with E-state index < -0.39 is 0 Å². The van der Waals surface area contributed by atoms with Gasteiger partial charge in [-0.05, 0) is 13.1 Å². The summed E-state index contributed by atoms with van der Waals surface area (Å²) in [5.74, 6) is 0. The van der Waals surface area contributed by atoms with E-state index in [1.165, 1.54) is 0 Å². The largest absolute Gasteiger partial charge is 0.374 e. The Kier molecular flexibility index (Phi) is 6.45. The van der Waals surface area contributed by atoms with Crippen LogP contribution in [0.2, 0.25) is 0 Å². The van der Waals surface area contributed by atoms with Crippen molar-refractivity contribution in [1.29, 1.82) is 0 Å². The zero-order valence-corrected chi connectivity index (χ0v) is 9.30. The Hall–Kier alpha value is -0.670. The SMILES string of the molecule is C=C/C=C\C(=C)N(C)CCN(C)S. The van der Waals surface area contributed by atoms with Gasteiger partial charge in [-0.3, -0.25) is 4.31 Å². The highest BCUT2D eigenvalue weighted by Crippen LogP contribution is 2.00. The zero-order chi connectivity index (χ0) is 10.3. The van der Waals surface area contributed by atoms with Crippen molar-refractivity contribution >= 4 is 12.8 Å². The number of hydrogen-bond acceptors (Lipinski definition) is 3. The molecule has 2 nitrogen and oxygen atoms in total. The highest BCUT2D eigenvalue weighted by Gasteiger charge is 1.98. The first-order chi connectivity index (χ1) is 6.07. The fourth-order valence-corrected chi connectivity index (χ4v) is 0.834. The molecule has 0 aromatic rings. The van der Waals surface area contributed by atoms with E-state index in [9.17, 15) is 0 Å². The molecule has 0 aliphatic carbocycles. The lowest BCUT2D eigenvalue weighted by Gasteiger charge is -2.20. The summed E-state index contributed by atoms with van der Waals surface area (Å²) >= 11 is 4.15. The molecule has 0 aromatic carbocycles. The van der Waals surface area contributed by atoms with Gasteiger partial charge in [0.05, 0.1) is 0 Å². The molecule has 0 saturated carbocycles. The van der Waals surface area contributed by atoms with E-state index in [-0.39, 0.29) is 0 Å². The maximum Gasteiger partial charge on any atom is 0.0311 e. The monoisotopic (exact) mass is 198 g/mol. The van der Waals surface area contributed by atoms with Crippen molar-refractivity contribution in [3.05, 3.63) is 37.1 Å². The molecule has 0 spiro atoms. The predicted octanol–water partition coefficient (Wildman–Crippen LogP) is 1.95. The summed E-state index contributed by atoms with van der Waals surface area (Å²) in [5, 5.41) is 0. The topological polar surface area (TPSA) is 6.48 Å². The third kappa shape index (κ3) is 6.49. The van der Waals surface area contributed by atoms with Crippen molar-refractivity contribution in [1.82, 2.24) is 9.21 Å². The second-order valence-electron chi connectivity index (χ2n) is 2.89. The van der Waals surface area contributed by atoms with Crippen LogP contribution >= 0.6 is 12.8 Å². The third-order valence-electron chi connectivity index (χ3n) is 1.67. The molecule has 0 aliphatic heterocycles. The molecule has 0 bridgehead atoms. The van der Waals surface area contributed by atoms with Gasteiger partial charge < -0.3 is 4.90 Å².